The smallest absolute Gasteiger partial charge is 0.328 e. The van der Waals surface area contributed by atoms with E-state index >= 15 is 0 Å². The zero-order valence-corrected chi connectivity index (χ0v) is 16.0. The lowest BCUT2D eigenvalue weighted by atomic mass is 10.1. The Bertz CT molecular complexity index is 603. The molecule has 25 heavy (non-hydrogen) atoms. The van der Waals surface area contributed by atoms with Crippen LogP contribution in [0.4, 0.5) is 0 Å². The molecule has 136 valence electrons. The van der Waals surface area contributed by atoms with Crippen molar-refractivity contribution >= 4 is 41.0 Å². The van der Waals surface area contributed by atoms with Gasteiger partial charge in [0.25, 0.3) is 0 Å². The zero-order valence-electron chi connectivity index (χ0n) is 14.3. The Morgan fingerprint density at radius 3 is 2.00 bits per heavy atom. The minimum atomic E-state index is -1.26. The van der Waals surface area contributed by atoms with E-state index in [1.807, 2.05) is 23.5 Å². The number of carboxylic acid groups (broad SMARTS) is 2. The van der Waals surface area contributed by atoms with Crippen LogP contribution < -0.4 is 0 Å². The molecule has 0 spiro atoms. The van der Waals surface area contributed by atoms with E-state index in [1.54, 1.807) is 0 Å². The lowest BCUT2D eigenvalue weighted by Gasteiger charge is -2.21. The molecule has 1 heterocycles. The first kappa shape index (κ1) is 21.3. The molecule has 0 aliphatic carbocycles. The van der Waals surface area contributed by atoms with Gasteiger partial charge in [-0.2, -0.15) is 0 Å². The maximum atomic E-state index is 9.55. The van der Waals surface area contributed by atoms with Crippen molar-refractivity contribution in [2.75, 3.05) is 32.1 Å². The fraction of sp³-hybridized carbons (Fsp3) is 0.333. The number of nitrogens with zero attached hydrogens (tertiary/aromatic N) is 1. The SMILES string of the molecule is CN(C)CC(=C1SCCCS1)c1ccccc1.O=C(O)C=CC(=O)O. The second-order valence-corrected chi connectivity index (χ2v) is 7.90. The fourth-order valence-corrected chi connectivity index (χ4v) is 4.65. The standard InChI is InChI=1S/C14H19NS2.C4H4O4/c1-15(2)11-13(12-7-4-3-5-8-12)14-16-9-6-10-17-14;5-3(6)1-2-4(7)8/h3-5,7-8H,6,9-11H2,1-2H3;1-2H,(H,5,6)(H,7,8). The van der Waals surface area contributed by atoms with E-state index in [9.17, 15) is 9.59 Å². The molecule has 5 nitrogen and oxygen atoms in total. The van der Waals surface area contributed by atoms with Crippen LogP contribution in [-0.4, -0.2) is 59.2 Å². The largest absolute Gasteiger partial charge is 0.478 e. The molecule has 1 aliphatic rings. The second kappa shape index (κ2) is 11.8. The lowest BCUT2D eigenvalue weighted by molar-refractivity contribution is -0.134. The van der Waals surface area contributed by atoms with Crippen LogP contribution in [0.15, 0.2) is 46.7 Å². The van der Waals surface area contributed by atoms with Gasteiger partial charge in [-0.05, 0) is 43.2 Å². The summed E-state index contributed by atoms with van der Waals surface area (Å²) in [6.07, 6.45) is 2.45. The molecule has 7 heteroatoms. The summed E-state index contributed by atoms with van der Waals surface area (Å²) >= 11 is 4.05. The van der Waals surface area contributed by atoms with E-state index in [0.29, 0.717) is 12.2 Å². The van der Waals surface area contributed by atoms with Gasteiger partial charge in [-0.3, -0.25) is 0 Å². The molecule has 1 aliphatic heterocycles. The van der Waals surface area contributed by atoms with Crippen LogP contribution in [0.1, 0.15) is 12.0 Å². The number of likely N-dealkylation sites (N-methyl/N-ethyl adjacent to an activating group) is 1. The van der Waals surface area contributed by atoms with Gasteiger partial charge in [0.15, 0.2) is 0 Å². The summed E-state index contributed by atoms with van der Waals surface area (Å²) in [5, 5.41) is 15.6. The molecule has 0 radical (unpaired) electrons. The normalized spacial score (nSPS) is 14.1. The highest BCUT2D eigenvalue weighted by molar-refractivity contribution is 8.23. The molecule has 1 saturated heterocycles. The van der Waals surface area contributed by atoms with Gasteiger partial charge in [0.1, 0.15) is 0 Å². The summed E-state index contributed by atoms with van der Waals surface area (Å²) in [5.41, 5.74) is 2.86. The van der Waals surface area contributed by atoms with E-state index in [2.05, 4.69) is 49.3 Å². The van der Waals surface area contributed by atoms with Crippen molar-refractivity contribution < 1.29 is 19.8 Å². The Labute approximate surface area is 156 Å². The predicted octanol–water partition coefficient (Wildman–Crippen LogP) is 3.50. The molecule has 2 N–H and O–H groups in total. The molecule has 0 atom stereocenters. The number of benzene rings is 1. The second-order valence-electron chi connectivity index (χ2n) is 5.43. The highest BCUT2D eigenvalue weighted by Gasteiger charge is 2.14. The minimum Gasteiger partial charge on any atom is -0.478 e. The summed E-state index contributed by atoms with van der Waals surface area (Å²) in [6, 6.07) is 10.8. The van der Waals surface area contributed by atoms with E-state index < -0.39 is 11.9 Å². The summed E-state index contributed by atoms with van der Waals surface area (Å²) < 4.78 is 1.52. The zero-order chi connectivity index (χ0) is 18.7. The van der Waals surface area contributed by atoms with Gasteiger partial charge in [0, 0.05) is 22.9 Å². The Morgan fingerprint density at radius 2 is 1.56 bits per heavy atom. The quantitative estimate of drug-likeness (QED) is 0.756. The van der Waals surface area contributed by atoms with Gasteiger partial charge in [-0.25, -0.2) is 9.59 Å². The molecular weight excluding hydrogens is 358 g/mol. The van der Waals surface area contributed by atoms with Gasteiger partial charge in [-0.15, -0.1) is 23.5 Å². The molecular formula is C18H23NO4S2. The Kier molecular flexibility index (Phi) is 10.1. The van der Waals surface area contributed by atoms with Gasteiger partial charge in [0.2, 0.25) is 0 Å². The van der Waals surface area contributed by atoms with Gasteiger partial charge < -0.3 is 15.1 Å². The number of carboxylic acids is 2. The summed E-state index contributed by atoms with van der Waals surface area (Å²) in [6.45, 7) is 1.03. The van der Waals surface area contributed by atoms with E-state index in [1.165, 1.54) is 33.3 Å². The summed E-state index contributed by atoms with van der Waals surface area (Å²) in [4.78, 5) is 21.4. The fourth-order valence-electron chi connectivity index (χ4n) is 1.98. The van der Waals surface area contributed by atoms with Crippen LogP contribution in [0.2, 0.25) is 0 Å². The first-order valence-electron chi connectivity index (χ1n) is 7.73. The van der Waals surface area contributed by atoms with Crippen molar-refractivity contribution in [1.82, 2.24) is 4.90 Å². The Morgan fingerprint density at radius 1 is 1.04 bits per heavy atom. The minimum absolute atomic E-state index is 0.558. The number of aliphatic carboxylic acids is 2. The first-order valence-corrected chi connectivity index (χ1v) is 9.70. The molecule has 2 rings (SSSR count). The van der Waals surface area contributed by atoms with Crippen molar-refractivity contribution in [3.8, 4) is 0 Å². The van der Waals surface area contributed by atoms with E-state index in [-0.39, 0.29) is 0 Å². The molecule has 0 amide bonds. The van der Waals surface area contributed by atoms with Crippen molar-refractivity contribution in [1.29, 1.82) is 0 Å². The molecule has 0 unspecified atom stereocenters. The third kappa shape index (κ3) is 9.38. The average Bonchev–Trinajstić information content (AvgIpc) is 2.60. The lowest BCUT2D eigenvalue weighted by Crippen LogP contribution is -2.15. The Balaban J connectivity index is 0.000000333. The third-order valence-electron chi connectivity index (χ3n) is 2.97. The van der Waals surface area contributed by atoms with E-state index in [4.69, 9.17) is 10.2 Å². The molecule has 0 aromatic heterocycles. The maximum Gasteiger partial charge on any atom is 0.328 e. The summed E-state index contributed by atoms with van der Waals surface area (Å²) in [7, 11) is 4.28. The molecule has 1 aromatic rings. The van der Waals surface area contributed by atoms with Crippen LogP contribution in [-0.2, 0) is 9.59 Å². The van der Waals surface area contributed by atoms with Crippen LogP contribution >= 0.6 is 23.5 Å². The highest BCUT2D eigenvalue weighted by Crippen LogP contribution is 2.40. The molecule has 1 fully saturated rings. The van der Waals surface area contributed by atoms with Gasteiger partial charge >= 0.3 is 11.9 Å². The Hall–Kier alpha value is -1.70. The van der Waals surface area contributed by atoms with Gasteiger partial charge in [-0.1, -0.05) is 30.3 Å². The first-order chi connectivity index (χ1) is 11.9. The highest BCUT2D eigenvalue weighted by atomic mass is 32.2. The number of rotatable bonds is 5. The number of carbonyl (C=O) groups is 2. The van der Waals surface area contributed by atoms with Crippen molar-refractivity contribution in [2.45, 2.75) is 6.42 Å². The third-order valence-corrected chi connectivity index (χ3v) is 5.68. The molecule has 1 aromatic carbocycles. The topological polar surface area (TPSA) is 77.8 Å². The van der Waals surface area contributed by atoms with Crippen LogP contribution in [0.5, 0.6) is 0 Å². The van der Waals surface area contributed by atoms with Crippen LogP contribution in [0, 0.1) is 0 Å². The van der Waals surface area contributed by atoms with Gasteiger partial charge in [0.05, 0.1) is 0 Å². The monoisotopic (exact) mass is 381 g/mol. The maximum absolute atomic E-state index is 9.55. The summed E-state index contributed by atoms with van der Waals surface area (Å²) in [5.74, 6) is 0.0258. The molecule has 0 saturated carbocycles. The van der Waals surface area contributed by atoms with Crippen molar-refractivity contribution in [2.24, 2.45) is 0 Å². The van der Waals surface area contributed by atoms with Crippen molar-refractivity contribution in [3.63, 3.8) is 0 Å². The van der Waals surface area contributed by atoms with E-state index in [0.717, 1.165) is 6.54 Å². The number of hydrogen-bond donors (Lipinski definition) is 2. The average molecular weight is 382 g/mol. The molecule has 0 bridgehead atoms. The number of thioether (sulfide) groups is 2. The predicted molar refractivity (Wildman–Crippen MR) is 106 cm³/mol. The van der Waals surface area contributed by atoms with Crippen LogP contribution in [0.25, 0.3) is 5.57 Å². The van der Waals surface area contributed by atoms with Crippen molar-refractivity contribution in [3.05, 3.63) is 52.3 Å². The number of hydrogen-bond acceptors (Lipinski definition) is 5. The van der Waals surface area contributed by atoms with Crippen LogP contribution in [0.3, 0.4) is 0 Å².